The number of para-hydroxylation sites is 2. The predicted molar refractivity (Wildman–Crippen MR) is 117 cm³/mol. The van der Waals surface area contributed by atoms with E-state index < -0.39 is 11.8 Å². The Bertz CT molecular complexity index is 1270. The van der Waals surface area contributed by atoms with E-state index in [1.54, 1.807) is 30.3 Å². The number of imidazole rings is 1. The first-order chi connectivity index (χ1) is 15.1. The minimum atomic E-state index is -1.90. The zero-order valence-electron chi connectivity index (χ0n) is 17.1. The van der Waals surface area contributed by atoms with Gasteiger partial charge in [0.25, 0.3) is 0 Å². The molecule has 5 rings (SSSR count). The van der Waals surface area contributed by atoms with Crippen LogP contribution in [0.3, 0.4) is 0 Å². The van der Waals surface area contributed by atoms with Crippen molar-refractivity contribution >= 4 is 17.0 Å². The summed E-state index contributed by atoms with van der Waals surface area (Å²) in [6.45, 7) is 2.16. The van der Waals surface area contributed by atoms with E-state index in [9.17, 15) is 9.90 Å². The van der Waals surface area contributed by atoms with Crippen LogP contribution in [0, 0.1) is 0 Å². The number of rotatable bonds is 6. The number of benzene rings is 3. The molecule has 1 atom stereocenters. The van der Waals surface area contributed by atoms with Gasteiger partial charge in [-0.3, -0.25) is 4.57 Å². The lowest BCUT2D eigenvalue weighted by molar-refractivity contribution is -0.180. The summed E-state index contributed by atoms with van der Waals surface area (Å²) in [5.41, 5.74) is 3.21. The number of aliphatic carboxylic acids is 1. The van der Waals surface area contributed by atoms with Gasteiger partial charge in [-0.1, -0.05) is 55.8 Å². The van der Waals surface area contributed by atoms with Crippen LogP contribution in [0.25, 0.3) is 16.7 Å². The van der Waals surface area contributed by atoms with Gasteiger partial charge in [0, 0.05) is 18.1 Å². The number of unbranched alkanes of at least 4 members (excludes halogenated alkanes) is 1. The van der Waals surface area contributed by atoms with Crippen molar-refractivity contribution in [3.8, 4) is 17.2 Å². The van der Waals surface area contributed by atoms with Gasteiger partial charge in [0.1, 0.15) is 5.82 Å². The molecule has 0 saturated heterocycles. The average molecular weight is 414 g/mol. The maximum Gasteiger partial charge on any atom is 0.395 e. The topological polar surface area (TPSA) is 73.6 Å². The van der Waals surface area contributed by atoms with Crippen LogP contribution in [0.4, 0.5) is 0 Å². The Kier molecular flexibility index (Phi) is 4.62. The van der Waals surface area contributed by atoms with Crippen molar-refractivity contribution in [2.45, 2.75) is 32.0 Å². The Balaban J connectivity index is 1.60. The van der Waals surface area contributed by atoms with Gasteiger partial charge in [-0.25, -0.2) is 9.78 Å². The largest absolute Gasteiger partial charge is 0.475 e. The molecule has 0 radical (unpaired) electrons. The summed E-state index contributed by atoms with van der Waals surface area (Å²) in [4.78, 5) is 17.0. The fourth-order valence-electron chi connectivity index (χ4n) is 3.98. The molecule has 0 amide bonds. The van der Waals surface area contributed by atoms with Crippen LogP contribution >= 0.6 is 0 Å². The first-order valence-electron chi connectivity index (χ1n) is 10.4. The Morgan fingerprint density at radius 3 is 2.52 bits per heavy atom. The minimum absolute atomic E-state index is 0.392. The second-order valence-corrected chi connectivity index (χ2v) is 7.58. The van der Waals surface area contributed by atoms with Crippen molar-refractivity contribution in [3.05, 3.63) is 84.2 Å². The Labute approximate surface area is 179 Å². The number of aromatic nitrogens is 2. The summed E-state index contributed by atoms with van der Waals surface area (Å²) in [6, 6.07) is 22.2. The van der Waals surface area contributed by atoms with Crippen LogP contribution in [0.5, 0.6) is 11.5 Å². The van der Waals surface area contributed by atoms with E-state index in [1.165, 1.54) is 0 Å². The van der Waals surface area contributed by atoms with Crippen molar-refractivity contribution in [1.82, 2.24) is 9.55 Å². The van der Waals surface area contributed by atoms with E-state index in [4.69, 9.17) is 14.5 Å². The predicted octanol–water partition coefficient (Wildman–Crippen LogP) is 5.08. The zero-order valence-corrected chi connectivity index (χ0v) is 17.1. The fourth-order valence-corrected chi connectivity index (χ4v) is 3.98. The molecule has 2 heterocycles. The number of hydrogen-bond acceptors (Lipinski definition) is 4. The molecule has 3 aromatic carbocycles. The zero-order chi connectivity index (χ0) is 21.4. The molecule has 1 aliphatic rings. The van der Waals surface area contributed by atoms with Crippen LogP contribution in [-0.4, -0.2) is 20.6 Å². The maximum absolute atomic E-state index is 12.2. The molecule has 6 nitrogen and oxygen atoms in total. The third-order valence-electron chi connectivity index (χ3n) is 5.51. The van der Waals surface area contributed by atoms with Gasteiger partial charge in [-0.05, 0) is 30.7 Å². The van der Waals surface area contributed by atoms with E-state index in [0.29, 0.717) is 17.1 Å². The molecule has 1 aromatic heterocycles. The first-order valence-corrected chi connectivity index (χ1v) is 10.4. The summed E-state index contributed by atoms with van der Waals surface area (Å²) in [5.74, 6) is -1.34. The number of carboxylic acid groups (broad SMARTS) is 1. The van der Waals surface area contributed by atoms with Crippen LogP contribution in [0.15, 0.2) is 72.8 Å². The fraction of sp³-hybridized carbons (Fsp3) is 0.200. The Hall–Kier alpha value is -3.80. The molecule has 0 spiro atoms. The smallest absolute Gasteiger partial charge is 0.395 e. The van der Waals surface area contributed by atoms with Crippen LogP contribution in [-0.2, 0) is 17.0 Å². The summed E-state index contributed by atoms with van der Waals surface area (Å²) < 4.78 is 13.9. The normalized spacial score (nSPS) is 17.2. The maximum atomic E-state index is 12.2. The SMILES string of the molecule is CCCCc1nc2ccccc2n1-c1ccc2c(c1)OC(C(=O)O)(c1ccccc1)O2. The number of nitrogens with zero attached hydrogens (tertiary/aromatic N) is 2. The molecule has 4 aromatic rings. The van der Waals surface area contributed by atoms with Crippen molar-refractivity contribution in [2.75, 3.05) is 0 Å². The molecule has 1 N–H and O–H groups in total. The molecule has 1 unspecified atom stereocenters. The summed E-state index contributed by atoms with van der Waals surface area (Å²) >= 11 is 0. The molecule has 0 saturated carbocycles. The van der Waals surface area contributed by atoms with Gasteiger partial charge in [-0.2, -0.15) is 0 Å². The molecule has 1 aliphatic heterocycles. The molecule has 31 heavy (non-hydrogen) atoms. The van der Waals surface area contributed by atoms with E-state index in [-0.39, 0.29) is 0 Å². The number of carbonyl (C=O) groups is 1. The molecule has 0 aliphatic carbocycles. The molecule has 0 fully saturated rings. The number of hydrogen-bond donors (Lipinski definition) is 1. The standard InChI is InChI=1S/C25H22N2O4/c1-2-3-13-23-26-19-11-7-8-12-20(19)27(23)18-14-15-21-22(16-18)31-25(30-21,24(28)29)17-9-5-4-6-10-17/h4-12,14-16H,2-3,13H2,1H3,(H,28,29). The number of fused-ring (bicyclic) bond motifs is 2. The van der Waals surface area contributed by atoms with Crippen molar-refractivity contribution in [2.24, 2.45) is 0 Å². The number of aryl methyl sites for hydroxylation is 1. The van der Waals surface area contributed by atoms with E-state index in [2.05, 4.69) is 11.5 Å². The van der Waals surface area contributed by atoms with Gasteiger partial charge in [0.15, 0.2) is 11.5 Å². The summed E-state index contributed by atoms with van der Waals surface area (Å²) in [7, 11) is 0. The quantitative estimate of drug-likeness (QED) is 0.476. The minimum Gasteiger partial charge on any atom is -0.475 e. The van der Waals surface area contributed by atoms with Gasteiger partial charge in [0.2, 0.25) is 0 Å². The van der Waals surface area contributed by atoms with Crippen molar-refractivity contribution in [3.63, 3.8) is 0 Å². The van der Waals surface area contributed by atoms with E-state index >= 15 is 0 Å². The van der Waals surface area contributed by atoms with E-state index in [1.807, 2.05) is 42.5 Å². The average Bonchev–Trinajstić information content (AvgIpc) is 3.37. The third-order valence-corrected chi connectivity index (χ3v) is 5.51. The highest BCUT2D eigenvalue weighted by Gasteiger charge is 2.51. The Morgan fingerprint density at radius 2 is 1.74 bits per heavy atom. The first kappa shape index (κ1) is 19.2. The molecule has 156 valence electrons. The lowest BCUT2D eigenvalue weighted by Crippen LogP contribution is -2.43. The van der Waals surface area contributed by atoms with Gasteiger partial charge in [-0.15, -0.1) is 0 Å². The summed E-state index contributed by atoms with van der Waals surface area (Å²) in [5, 5.41) is 9.96. The second kappa shape index (κ2) is 7.47. The molecule has 6 heteroatoms. The van der Waals surface area contributed by atoms with Crippen LogP contribution < -0.4 is 9.47 Å². The Morgan fingerprint density at radius 1 is 1.00 bits per heavy atom. The third kappa shape index (κ3) is 3.11. The van der Waals surface area contributed by atoms with E-state index in [0.717, 1.165) is 41.8 Å². The van der Waals surface area contributed by atoms with Gasteiger partial charge < -0.3 is 14.6 Å². The van der Waals surface area contributed by atoms with Crippen molar-refractivity contribution in [1.29, 1.82) is 0 Å². The van der Waals surface area contributed by atoms with Crippen LogP contribution in [0.1, 0.15) is 31.2 Å². The monoisotopic (exact) mass is 414 g/mol. The summed E-state index contributed by atoms with van der Waals surface area (Å²) in [6.07, 6.45) is 2.95. The highest BCUT2D eigenvalue weighted by molar-refractivity contribution is 5.81. The lowest BCUT2D eigenvalue weighted by Gasteiger charge is -2.22. The number of ether oxygens (including phenoxy) is 2. The molecular weight excluding hydrogens is 392 g/mol. The lowest BCUT2D eigenvalue weighted by atomic mass is 10.1. The van der Waals surface area contributed by atoms with Gasteiger partial charge in [0.05, 0.1) is 16.7 Å². The number of carboxylic acids is 1. The van der Waals surface area contributed by atoms with Crippen molar-refractivity contribution < 1.29 is 19.4 Å². The molecule has 0 bridgehead atoms. The highest BCUT2D eigenvalue weighted by atomic mass is 16.8. The highest BCUT2D eigenvalue weighted by Crippen LogP contribution is 2.45. The van der Waals surface area contributed by atoms with Gasteiger partial charge >= 0.3 is 11.8 Å². The molecular formula is C25H22N2O4. The van der Waals surface area contributed by atoms with Crippen LogP contribution in [0.2, 0.25) is 0 Å². The second-order valence-electron chi connectivity index (χ2n) is 7.58.